The lowest BCUT2D eigenvalue weighted by atomic mass is 10.1. The van der Waals surface area contributed by atoms with E-state index in [1.807, 2.05) is 36.4 Å². The number of rotatable bonds is 3. The largest absolute Gasteiger partial charge is 0.390 e. The number of primary amides is 1. The highest BCUT2D eigenvalue weighted by molar-refractivity contribution is 6.06. The second kappa shape index (κ2) is 4.79. The fraction of sp³-hybridized carbons (Fsp3) is 0.0667. The Bertz CT molecular complexity index is 778. The van der Waals surface area contributed by atoms with E-state index in [0.29, 0.717) is 16.8 Å². The number of carbonyl (C=O) groups is 1. The van der Waals surface area contributed by atoms with Crippen LogP contribution in [0.3, 0.4) is 0 Å². The number of amides is 1. The van der Waals surface area contributed by atoms with Crippen LogP contribution in [0.2, 0.25) is 0 Å². The van der Waals surface area contributed by atoms with E-state index in [1.165, 1.54) is 0 Å². The van der Waals surface area contributed by atoms with Crippen molar-refractivity contribution in [1.82, 2.24) is 9.78 Å². The summed E-state index contributed by atoms with van der Waals surface area (Å²) in [5, 5.41) is 14.5. The minimum absolute atomic E-state index is 0.196. The summed E-state index contributed by atoms with van der Waals surface area (Å²) in [5.74, 6) is -0.517. The van der Waals surface area contributed by atoms with E-state index < -0.39 is 5.91 Å². The standard InChI is InChI=1S/C15H13N3O2/c16-15(20)12-8-4-7-11-13(9-19)17-18(14(11)12)10-5-2-1-3-6-10/h1-8,19H,9H2,(H2,16,20). The number of benzene rings is 2. The van der Waals surface area contributed by atoms with Crippen LogP contribution in [0.4, 0.5) is 0 Å². The summed E-state index contributed by atoms with van der Waals surface area (Å²) in [6.07, 6.45) is 0. The summed E-state index contributed by atoms with van der Waals surface area (Å²) in [4.78, 5) is 11.6. The molecular formula is C15H13N3O2. The molecule has 0 aliphatic carbocycles. The number of fused-ring (bicyclic) bond motifs is 1. The van der Waals surface area contributed by atoms with Gasteiger partial charge in [-0.3, -0.25) is 4.79 Å². The summed E-state index contributed by atoms with van der Waals surface area (Å²) in [5.41, 5.74) is 7.77. The molecule has 0 atom stereocenters. The molecule has 0 unspecified atom stereocenters. The minimum Gasteiger partial charge on any atom is -0.390 e. The Balaban J connectivity index is 2.40. The molecule has 5 heteroatoms. The predicted molar refractivity (Wildman–Crippen MR) is 75.5 cm³/mol. The first kappa shape index (κ1) is 12.4. The number of para-hydroxylation sites is 2. The highest BCUT2D eigenvalue weighted by atomic mass is 16.3. The summed E-state index contributed by atoms with van der Waals surface area (Å²) in [6.45, 7) is -0.196. The number of carbonyl (C=O) groups excluding carboxylic acids is 1. The van der Waals surface area contributed by atoms with Gasteiger partial charge in [0.1, 0.15) is 0 Å². The van der Waals surface area contributed by atoms with Crippen LogP contribution in [-0.4, -0.2) is 20.8 Å². The summed E-state index contributed by atoms with van der Waals surface area (Å²) in [7, 11) is 0. The molecule has 20 heavy (non-hydrogen) atoms. The molecule has 0 aliphatic rings. The molecule has 0 radical (unpaired) electrons. The van der Waals surface area contributed by atoms with Crippen LogP contribution in [0.25, 0.3) is 16.6 Å². The van der Waals surface area contributed by atoms with Crippen molar-refractivity contribution < 1.29 is 9.90 Å². The van der Waals surface area contributed by atoms with Crippen molar-refractivity contribution in [3.63, 3.8) is 0 Å². The molecule has 3 aromatic rings. The molecule has 100 valence electrons. The van der Waals surface area contributed by atoms with E-state index in [0.717, 1.165) is 11.1 Å². The van der Waals surface area contributed by atoms with E-state index >= 15 is 0 Å². The number of hydrogen-bond acceptors (Lipinski definition) is 3. The Hall–Kier alpha value is -2.66. The highest BCUT2D eigenvalue weighted by Crippen LogP contribution is 2.25. The van der Waals surface area contributed by atoms with Gasteiger partial charge in [0.25, 0.3) is 5.91 Å². The summed E-state index contributed by atoms with van der Waals surface area (Å²) < 4.78 is 1.64. The lowest BCUT2D eigenvalue weighted by molar-refractivity contribution is 0.100. The molecule has 3 N–H and O–H groups in total. The number of hydrogen-bond donors (Lipinski definition) is 2. The molecule has 0 saturated heterocycles. The monoisotopic (exact) mass is 267 g/mol. The maximum Gasteiger partial charge on any atom is 0.250 e. The SMILES string of the molecule is NC(=O)c1cccc2c(CO)nn(-c3ccccc3)c12. The topological polar surface area (TPSA) is 81.1 Å². The molecule has 5 nitrogen and oxygen atoms in total. The zero-order chi connectivity index (χ0) is 14.1. The molecule has 3 rings (SSSR count). The Morgan fingerprint density at radius 3 is 2.55 bits per heavy atom. The number of nitrogens with two attached hydrogens (primary N) is 1. The van der Waals surface area contributed by atoms with Crippen molar-refractivity contribution in [1.29, 1.82) is 0 Å². The number of aliphatic hydroxyl groups excluding tert-OH is 1. The molecule has 1 amide bonds. The van der Waals surface area contributed by atoms with Crippen LogP contribution in [0.15, 0.2) is 48.5 Å². The van der Waals surface area contributed by atoms with Gasteiger partial charge in [-0.25, -0.2) is 4.68 Å². The Kier molecular flexibility index (Phi) is 2.96. The third-order valence-electron chi connectivity index (χ3n) is 3.20. The van der Waals surface area contributed by atoms with E-state index in [4.69, 9.17) is 5.73 Å². The van der Waals surface area contributed by atoms with Gasteiger partial charge in [-0.05, 0) is 18.2 Å². The van der Waals surface area contributed by atoms with Crippen LogP contribution in [-0.2, 0) is 6.61 Å². The molecule has 0 bridgehead atoms. The van der Waals surface area contributed by atoms with Gasteiger partial charge in [0, 0.05) is 5.39 Å². The third-order valence-corrected chi connectivity index (χ3v) is 3.20. The molecule has 0 spiro atoms. The lowest BCUT2D eigenvalue weighted by Crippen LogP contribution is -2.13. The maximum absolute atomic E-state index is 11.6. The third kappa shape index (κ3) is 1.85. The first-order valence-electron chi connectivity index (χ1n) is 6.19. The number of nitrogens with zero attached hydrogens (tertiary/aromatic N) is 2. The van der Waals surface area contributed by atoms with Crippen LogP contribution in [0, 0.1) is 0 Å². The van der Waals surface area contributed by atoms with Crippen molar-refractivity contribution in [2.75, 3.05) is 0 Å². The van der Waals surface area contributed by atoms with Crippen molar-refractivity contribution in [3.05, 3.63) is 59.8 Å². The van der Waals surface area contributed by atoms with E-state index in [9.17, 15) is 9.90 Å². The second-order valence-corrected chi connectivity index (χ2v) is 4.42. The average molecular weight is 267 g/mol. The van der Waals surface area contributed by atoms with Gasteiger partial charge in [-0.15, -0.1) is 0 Å². The first-order chi connectivity index (χ1) is 9.72. The Morgan fingerprint density at radius 2 is 1.90 bits per heavy atom. The quantitative estimate of drug-likeness (QED) is 0.756. The average Bonchev–Trinajstić information content (AvgIpc) is 2.86. The number of aliphatic hydroxyl groups is 1. The Labute approximate surface area is 115 Å². The summed E-state index contributed by atoms with van der Waals surface area (Å²) >= 11 is 0. The smallest absolute Gasteiger partial charge is 0.250 e. The highest BCUT2D eigenvalue weighted by Gasteiger charge is 2.16. The van der Waals surface area contributed by atoms with Crippen molar-refractivity contribution in [2.45, 2.75) is 6.61 Å². The maximum atomic E-state index is 11.6. The first-order valence-corrected chi connectivity index (χ1v) is 6.19. The van der Waals surface area contributed by atoms with Crippen molar-refractivity contribution in [3.8, 4) is 5.69 Å². The fourth-order valence-corrected chi connectivity index (χ4v) is 2.30. The van der Waals surface area contributed by atoms with Crippen molar-refractivity contribution >= 4 is 16.8 Å². The van der Waals surface area contributed by atoms with Crippen LogP contribution in [0.1, 0.15) is 16.1 Å². The number of aromatic nitrogens is 2. The van der Waals surface area contributed by atoms with Gasteiger partial charge in [-0.1, -0.05) is 30.3 Å². The van der Waals surface area contributed by atoms with Gasteiger partial charge in [0.2, 0.25) is 0 Å². The van der Waals surface area contributed by atoms with Crippen LogP contribution in [0.5, 0.6) is 0 Å². The van der Waals surface area contributed by atoms with Crippen LogP contribution < -0.4 is 5.73 Å². The van der Waals surface area contributed by atoms with E-state index in [2.05, 4.69) is 5.10 Å². The fourth-order valence-electron chi connectivity index (χ4n) is 2.30. The van der Waals surface area contributed by atoms with E-state index in [1.54, 1.807) is 16.8 Å². The Morgan fingerprint density at radius 1 is 1.15 bits per heavy atom. The second-order valence-electron chi connectivity index (χ2n) is 4.42. The van der Waals surface area contributed by atoms with Crippen molar-refractivity contribution in [2.24, 2.45) is 5.73 Å². The molecule has 1 aromatic heterocycles. The van der Waals surface area contributed by atoms with Gasteiger partial charge < -0.3 is 10.8 Å². The molecule has 0 saturated carbocycles. The van der Waals surface area contributed by atoms with Gasteiger partial charge in [0.05, 0.1) is 29.1 Å². The van der Waals surface area contributed by atoms with E-state index in [-0.39, 0.29) is 6.61 Å². The molecule has 1 heterocycles. The molecule has 0 aliphatic heterocycles. The van der Waals surface area contributed by atoms with Gasteiger partial charge in [-0.2, -0.15) is 5.10 Å². The molecule has 0 fully saturated rings. The normalized spacial score (nSPS) is 10.8. The zero-order valence-electron chi connectivity index (χ0n) is 10.7. The zero-order valence-corrected chi connectivity index (χ0v) is 10.7. The lowest BCUT2D eigenvalue weighted by Gasteiger charge is -2.05. The molecule has 2 aromatic carbocycles. The van der Waals surface area contributed by atoms with Gasteiger partial charge in [0.15, 0.2) is 0 Å². The van der Waals surface area contributed by atoms with Crippen LogP contribution >= 0.6 is 0 Å². The molecular weight excluding hydrogens is 254 g/mol. The minimum atomic E-state index is -0.517. The predicted octanol–water partition coefficient (Wildman–Crippen LogP) is 1.62. The summed E-state index contributed by atoms with van der Waals surface area (Å²) in [6, 6.07) is 14.6. The van der Waals surface area contributed by atoms with Gasteiger partial charge >= 0.3 is 0 Å².